The molecular formula is C10H7N5. The number of para-hydroxylation sites is 2. The molecule has 0 N–H and O–H groups in total. The Labute approximate surface area is 85.4 Å². The van der Waals surface area contributed by atoms with Crippen LogP contribution in [0.25, 0.3) is 16.9 Å². The van der Waals surface area contributed by atoms with Gasteiger partial charge in [-0.3, -0.25) is 9.55 Å². The quantitative estimate of drug-likeness (QED) is 0.588. The summed E-state index contributed by atoms with van der Waals surface area (Å²) in [4.78, 5) is 8.74. The Hall–Kier alpha value is -2.30. The molecule has 1 aromatic carbocycles. The molecule has 0 aliphatic carbocycles. The predicted molar refractivity (Wildman–Crippen MR) is 54.5 cm³/mol. The molecule has 0 saturated heterocycles. The van der Waals surface area contributed by atoms with Crippen LogP contribution in [-0.2, 0) is 0 Å². The Balaban J connectivity index is 2.22. The molecule has 5 nitrogen and oxygen atoms in total. The lowest BCUT2D eigenvalue weighted by atomic mass is 10.3. The minimum atomic E-state index is 0.721. The average Bonchev–Trinajstić information content (AvgIpc) is 2.82. The maximum Gasteiger partial charge on any atom is 0.158 e. The first-order chi connectivity index (χ1) is 7.43. The van der Waals surface area contributed by atoms with Crippen LogP contribution in [0.15, 0.2) is 43.1 Å². The summed E-state index contributed by atoms with van der Waals surface area (Å²) in [7, 11) is 0. The van der Waals surface area contributed by atoms with E-state index in [0.717, 1.165) is 16.9 Å². The van der Waals surface area contributed by atoms with Crippen molar-refractivity contribution < 1.29 is 0 Å². The first-order valence-electron chi connectivity index (χ1n) is 4.50. The maximum atomic E-state index is 4.44. The van der Waals surface area contributed by atoms with Gasteiger partial charge in [0.1, 0.15) is 12.7 Å². The molecule has 0 amide bonds. The average molecular weight is 197 g/mol. The molecule has 5 heteroatoms. The van der Waals surface area contributed by atoms with E-state index in [9.17, 15) is 0 Å². The van der Waals surface area contributed by atoms with Crippen molar-refractivity contribution in [2.75, 3.05) is 0 Å². The summed E-state index contributed by atoms with van der Waals surface area (Å²) in [6.45, 7) is 0. The van der Waals surface area contributed by atoms with Crippen LogP contribution in [0.3, 0.4) is 0 Å². The van der Waals surface area contributed by atoms with E-state index < -0.39 is 0 Å². The van der Waals surface area contributed by atoms with E-state index in [1.54, 1.807) is 23.4 Å². The third-order valence-electron chi connectivity index (χ3n) is 2.12. The lowest BCUT2D eigenvalue weighted by Gasteiger charge is -2.00. The van der Waals surface area contributed by atoms with Crippen molar-refractivity contribution in [3.8, 4) is 5.82 Å². The van der Waals surface area contributed by atoms with Gasteiger partial charge in [0.05, 0.1) is 17.2 Å². The van der Waals surface area contributed by atoms with Gasteiger partial charge >= 0.3 is 0 Å². The second kappa shape index (κ2) is 3.13. The van der Waals surface area contributed by atoms with E-state index in [1.165, 1.54) is 0 Å². The molecule has 0 radical (unpaired) electrons. The van der Waals surface area contributed by atoms with E-state index in [1.807, 2.05) is 24.3 Å². The van der Waals surface area contributed by atoms with Gasteiger partial charge in [0, 0.05) is 0 Å². The van der Waals surface area contributed by atoms with Gasteiger partial charge in [0.2, 0.25) is 0 Å². The Kier molecular flexibility index (Phi) is 1.68. The van der Waals surface area contributed by atoms with Crippen LogP contribution >= 0.6 is 0 Å². The monoisotopic (exact) mass is 197 g/mol. The van der Waals surface area contributed by atoms with Crippen molar-refractivity contribution in [2.45, 2.75) is 0 Å². The van der Waals surface area contributed by atoms with Gasteiger partial charge in [-0.2, -0.15) is 0 Å². The van der Waals surface area contributed by atoms with Gasteiger partial charge in [-0.1, -0.05) is 12.1 Å². The molecule has 3 rings (SSSR count). The molecule has 0 atom stereocenters. The van der Waals surface area contributed by atoms with Crippen LogP contribution in [0.4, 0.5) is 0 Å². The van der Waals surface area contributed by atoms with Crippen molar-refractivity contribution in [1.82, 2.24) is 24.7 Å². The second-order valence-electron chi connectivity index (χ2n) is 3.09. The Bertz CT molecular complexity index is 588. The summed E-state index contributed by atoms with van der Waals surface area (Å²) in [5, 5.41) is 7.45. The van der Waals surface area contributed by atoms with Crippen LogP contribution in [0.1, 0.15) is 0 Å². The number of rotatable bonds is 1. The Morgan fingerprint density at radius 3 is 2.47 bits per heavy atom. The highest BCUT2D eigenvalue weighted by molar-refractivity contribution is 5.74. The largest absolute Gasteiger partial charge is 0.271 e. The van der Waals surface area contributed by atoms with Gasteiger partial charge in [-0.05, 0) is 12.1 Å². The highest BCUT2D eigenvalue weighted by atomic mass is 15.3. The van der Waals surface area contributed by atoms with Crippen LogP contribution in [-0.4, -0.2) is 24.7 Å². The molecule has 15 heavy (non-hydrogen) atoms. The van der Waals surface area contributed by atoms with Crippen LogP contribution in [0, 0.1) is 0 Å². The fourth-order valence-corrected chi connectivity index (χ4v) is 1.39. The zero-order chi connectivity index (χ0) is 10.1. The lowest BCUT2D eigenvalue weighted by Crippen LogP contribution is -1.96. The molecular weight excluding hydrogens is 190 g/mol. The third kappa shape index (κ3) is 1.34. The standard InChI is InChI=1S/C10H7N5/c1-2-4-9-8(3-1)11-5-10(14-9)15-6-12-13-7-15/h1-7H. The first kappa shape index (κ1) is 8.05. The SMILES string of the molecule is c1ccc2nc(-n3cnnc3)cnc2c1. The predicted octanol–water partition coefficient (Wildman–Crippen LogP) is 1.21. The second-order valence-corrected chi connectivity index (χ2v) is 3.09. The minimum Gasteiger partial charge on any atom is -0.271 e. The molecule has 0 fully saturated rings. The summed E-state index contributed by atoms with van der Waals surface area (Å²) >= 11 is 0. The van der Waals surface area contributed by atoms with E-state index >= 15 is 0 Å². The van der Waals surface area contributed by atoms with Crippen molar-refractivity contribution >= 4 is 11.0 Å². The van der Waals surface area contributed by atoms with Crippen molar-refractivity contribution in [1.29, 1.82) is 0 Å². The van der Waals surface area contributed by atoms with Crippen LogP contribution < -0.4 is 0 Å². The summed E-state index contributed by atoms with van der Waals surface area (Å²) in [5.74, 6) is 0.721. The summed E-state index contributed by atoms with van der Waals surface area (Å²) in [5.41, 5.74) is 1.75. The number of hydrogen-bond donors (Lipinski definition) is 0. The number of fused-ring (bicyclic) bond motifs is 1. The number of benzene rings is 1. The highest BCUT2D eigenvalue weighted by Crippen LogP contribution is 2.10. The minimum absolute atomic E-state index is 0.721. The molecule has 3 aromatic rings. The first-order valence-corrected chi connectivity index (χ1v) is 4.50. The number of hydrogen-bond acceptors (Lipinski definition) is 4. The summed E-state index contributed by atoms with van der Waals surface area (Å²) in [6.07, 6.45) is 4.89. The van der Waals surface area contributed by atoms with Crippen LogP contribution in [0.2, 0.25) is 0 Å². The van der Waals surface area contributed by atoms with E-state index in [4.69, 9.17) is 0 Å². The Morgan fingerprint density at radius 2 is 1.67 bits per heavy atom. The molecule has 2 heterocycles. The number of aromatic nitrogens is 5. The Morgan fingerprint density at radius 1 is 0.933 bits per heavy atom. The van der Waals surface area contributed by atoms with E-state index in [0.29, 0.717) is 0 Å². The molecule has 72 valence electrons. The molecule has 0 saturated carbocycles. The smallest absolute Gasteiger partial charge is 0.158 e. The van der Waals surface area contributed by atoms with Crippen molar-refractivity contribution in [3.63, 3.8) is 0 Å². The fraction of sp³-hybridized carbons (Fsp3) is 0. The lowest BCUT2D eigenvalue weighted by molar-refractivity contribution is 0.988. The normalized spacial score (nSPS) is 10.7. The molecule has 0 spiro atoms. The molecule has 0 unspecified atom stereocenters. The number of nitrogens with zero attached hydrogens (tertiary/aromatic N) is 5. The van der Waals surface area contributed by atoms with Crippen LogP contribution in [0.5, 0.6) is 0 Å². The van der Waals surface area contributed by atoms with E-state index in [2.05, 4.69) is 20.2 Å². The topological polar surface area (TPSA) is 56.5 Å². The van der Waals surface area contributed by atoms with Gasteiger partial charge in [0.25, 0.3) is 0 Å². The van der Waals surface area contributed by atoms with Crippen molar-refractivity contribution in [2.24, 2.45) is 0 Å². The van der Waals surface area contributed by atoms with Gasteiger partial charge in [-0.25, -0.2) is 4.98 Å². The maximum absolute atomic E-state index is 4.44. The van der Waals surface area contributed by atoms with Gasteiger partial charge < -0.3 is 0 Å². The molecule has 0 bridgehead atoms. The molecule has 2 aromatic heterocycles. The van der Waals surface area contributed by atoms with Crippen molar-refractivity contribution in [3.05, 3.63) is 43.1 Å². The zero-order valence-corrected chi connectivity index (χ0v) is 7.78. The fourth-order valence-electron chi connectivity index (χ4n) is 1.39. The van der Waals surface area contributed by atoms with Gasteiger partial charge in [-0.15, -0.1) is 10.2 Å². The summed E-state index contributed by atoms with van der Waals surface area (Å²) in [6, 6.07) is 7.73. The molecule has 0 aliphatic rings. The van der Waals surface area contributed by atoms with Gasteiger partial charge in [0.15, 0.2) is 5.82 Å². The zero-order valence-electron chi connectivity index (χ0n) is 7.78. The molecule has 0 aliphatic heterocycles. The third-order valence-corrected chi connectivity index (χ3v) is 2.12. The highest BCUT2D eigenvalue weighted by Gasteiger charge is 2.00. The summed E-state index contributed by atoms with van der Waals surface area (Å²) < 4.78 is 1.72. The van der Waals surface area contributed by atoms with E-state index in [-0.39, 0.29) is 0 Å².